The predicted octanol–water partition coefficient (Wildman–Crippen LogP) is 3.07. The van der Waals surface area contributed by atoms with Crippen LogP contribution in [0.4, 0.5) is 10.5 Å². The fourth-order valence-electron chi connectivity index (χ4n) is 3.15. The third-order valence-corrected chi connectivity index (χ3v) is 4.24. The molecule has 0 spiro atoms. The zero-order valence-electron chi connectivity index (χ0n) is 14.7. The summed E-state index contributed by atoms with van der Waals surface area (Å²) in [5.41, 5.74) is 2.35. The first-order chi connectivity index (χ1) is 11.3. The molecule has 130 valence electrons. The first-order valence-corrected chi connectivity index (χ1v) is 8.26. The van der Waals surface area contributed by atoms with E-state index in [1.807, 2.05) is 32.9 Å². The normalized spacial score (nSPS) is 17.2. The topological polar surface area (TPSA) is 59.1 Å². The summed E-state index contributed by atoms with van der Waals surface area (Å²) in [5, 5.41) is 0. The molecule has 0 N–H and O–H groups in total. The van der Waals surface area contributed by atoms with E-state index in [1.54, 1.807) is 16.9 Å². The van der Waals surface area contributed by atoms with Gasteiger partial charge in [0.05, 0.1) is 12.8 Å². The quantitative estimate of drug-likeness (QED) is 0.835. The van der Waals surface area contributed by atoms with E-state index in [2.05, 4.69) is 0 Å². The number of ether oxygens (including phenoxy) is 2. The van der Waals surface area contributed by atoms with Crippen molar-refractivity contribution in [2.45, 2.75) is 52.3 Å². The van der Waals surface area contributed by atoms with E-state index in [0.717, 1.165) is 23.2 Å². The summed E-state index contributed by atoms with van der Waals surface area (Å²) in [5.74, 6) is 0.797. The van der Waals surface area contributed by atoms with Crippen LogP contribution in [0.25, 0.3) is 0 Å². The Bertz CT molecular complexity index is 678. The number of methoxy groups -OCH3 is 1. The minimum atomic E-state index is -0.517. The Balaban J connectivity index is 1.84. The summed E-state index contributed by atoms with van der Waals surface area (Å²) in [4.78, 5) is 27.8. The maximum absolute atomic E-state index is 12.3. The lowest BCUT2D eigenvalue weighted by Gasteiger charge is -2.24. The van der Waals surface area contributed by atoms with Crippen LogP contribution in [-0.2, 0) is 22.6 Å². The molecule has 1 saturated heterocycles. The predicted molar refractivity (Wildman–Crippen MR) is 90.1 cm³/mol. The Hall–Kier alpha value is -2.24. The SMILES string of the molecule is COc1cc2c(cc1N1CCCC1=O)CN(C(=O)OC(C)(C)C)C2. The first-order valence-electron chi connectivity index (χ1n) is 8.26. The second-order valence-electron chi connectivity index (χ2n) is 7.28. The molecule has 6 nitrogen and oxygen atoms in total. The Morgan fingerprint density at radius 2 is 1.83 bits per heavy atom. The molecule has 0 saturated carbocycles. The summed E-state index contributed by atoms with van der Waals surface area (Å²) < 4.78 is 10.9. The summed E-state index contributed by atoms with van der Waals surface area (Å²) in [7, 11) is 1.60. The highest BCUT2D eigenvalue weighted by Crippen LogP contribution is 2.37. The summed E-state index contributed by atoms with van der Waals surface area (Å²) in [6.45, 7) is 7.26. The first kappa shape index (κ1) is 16.6. The fourth-order valence-corrected chi connectivity index (χ4v) is 3.15. The number of nitrogens with zero attached hydrogens (tertiary/aromatic N) is 2. The van der Waals surface area contributed by atoms with E-state index in [1.165, 1.54) is 0 Å². The molecule has 1 aromatic carbocycles. The van der Waals surface area contributed by atoms with Crippen LogP contribution in [-0.4, -0.2) is 36.2 Å². The van der Waals surface area contributed by atoms with E-state index in [9.17, 15) is 9.59 Å². The lowest BCUT2D eigenvalue weighted by atomic mass is 10.1. The van der Waals surface area contributed by atoms with Gasteiger partial charge in [0.2, 0.25) is 5.91 Å². The highest BCUT2D eigenvalue weighted by molar-refractivity contribution is 5.97. The van der Waals surface area contributed by atoms with Gasteiger partial charge in [-0.2, -0.15) is 0 Å². The van der Waals surface area contributed by atoms with Gasteiger partial charge in [-0.25, -0.2) is 4.79 Å². The second kappa shape index (κ2) is 6.00. The highest BCUT2D eigenvalue weighted by atomic mass is 16.6. The van der Waals surface area contributed by atoms with Gasteiger partial charge in [-0.15, -0.1) is 0 Å². The molecule has 0 atom stereocenters. The van der Waals surface area contributed by atoms with Gasteiger partial charge in [0, 0.05) is 26.1 Å². The third kappa shape index (κ3) is 3.18. The molecule has 24 heavy (non-hydrogen) atoms. The van der Waals surface area contributed by atoms with Crippen molar-refractivity contribution >= 4 is 17.7 Å². The van der Waals surface area contributed by atoms with Crippen molar-refractivity contribution in [1.82, 2.24) is 4.90 Å². The molecule has 2 aliphatic heterocycles. The van der Waals surface area contributed by atoms with Crippen molar-refractivity contribution in [2.75, 3.05) is 18.6 Å². The van der Waals surface area contributed by atoms with Crippen LogP contribution in [0.1, 0.15) is 44.7 Å². The van der Waals surface area contributed by atoms with Gasteiger partial charge >= 0.3 is 6.09 Å². The van der Waals surface area contributed by atoms with Crippen molar-refractivity contribution in [3.63, 3.8) is 0 Å². The van der Waals surface area contributed by atoms with Gasteiger partial charge in [-0.3, -0.25) is 9.69 Å². The molecule has 0 aromatic heterocycles. The Kier molecular flexibility index (Phi) is 4.15. The second-order valence-corrected chi connectivity index (χ2v) is 7.28. The smallest absolute Gasteiger partial charge is 0.410 e. The Morgan fingerprint density at radius 1 is 1.17 bits per heavy atom. The zero-order valence-corrected chi connectivity index (χ0v) is 14.7. The van der Waals surface area contributed by atoms with E-state index in [0.29, 0.717) is 31.8 Å². The van der Waals surface area contributed by atoms with Gasteiger partial charge in [0.1, 0.15) is 11.4 Å². The van der Waals surface area contributed by atoms with Gasteiger partial charge in [-0.05, 0) is 50.5 Å². The number of carbonyl (C=O) groups excluding carboxylic acids is 2. The maximum atomic E-state index is 12.3. The van der Waals surface area contributed by atoms with Crippen LogP contribution in [0, 0.1) is 0 Å². The Labute approximate surface area is 142 Å². The summed E-state index contributed by atoms with van der Waals surface area (Å²) >= 11 is 0. The van der Waals surface area contributed by atoms with E-state index < -0.39 is 5.60 Å². The van der Waals surface area contributed by atoms with E-state index in [4.69, 9.17) is 9.47 Å². The van der Waals surface area contributed by atoms with Gasteiger partial charge in [-0.1, -0.05) is 0 Å². The maximum Gasteiger partial charge on any atom is 0.410 e. The summed E-state index contributed by atoms with van der Waals surface area (Å²) in [6, 6.07) is 3.91. The minimum Gasteiger partial charge on any atom is -0.495 e. The van der Waals surface area contributed by atoms with Gasteiger partial charge < -0.3 is 14.4 Å². The molecule has 0 unspecified atom stereocenters. The average Bonchev–Trinajstić information content (AvgIpc) is 3.09. The van der Waals surface area contributed by atoms with Crippen LogP contribution in [0.3, 0.4) is 0 Å². The van der Waals surface area contributed by atoms with Crippen molar-refractivity contribution in [1.29, 1.82) is 0 Å². The van der Waals surface area contributed by atoms with E-state index >= 15 is 0 Å². The van der Waals surface area contributed by atoms with Gasteiger partial charge in [0.25, 0.3) is 0 Å². The van der Waals surface area contributed by atoms with Crippen molar-refractivity contribution in [3.05, 3.63) is 23.3 Å². The number of fused-ring (bicyclic) bond motifs is 1. The molecule has 2 heterocycles. The standard InChI is InChI=1S/C18H24N2O4/c1-18(2,3)24-17(22)19-10-12-8-14(20-7-5-6-16(20)21)15(23-4)9-13(12)11-19/h8-9H,5-7,10-11H2,1-4H3. The number of rotatable bonds is 2. The minimum absolute atomic E-state index is 0.121. The molecule has 1 fully saturated rings. The van der Waals surface area contributed by atoms with Crippen LogP contribution < -0.4 is 9.64 Å². The van der Waals surface area contributed by atoms with Gasteiger partial charge in [0.15, 0.2) is 0 Å². The molecule has 0 radical (unpaired) electrons. The van der Waals surface area contributed by atoms with Crippen molar-refractivity contribution in [3.8, 4) is 5.75 Å². The number of amides is 2. The molecule has 2 aliphatic rings. The lowest BCUT2D eigenvalue weighted by molar-refractivity contribution is -0.117. The molecule has 6 heteroatoms. The van der Waals surface area contributed by atoms with E-state index in [-0.39, 0.29) is 12.0 Å². The number of anilines is 1. The average molecular weight is 332 g/mol. The zero-order chi connectivity index (χ0) is 17.5. The lowest BCUT2D eigenvalue weighted by Crippen LogP contribution is -2.33. The van der Waals surface area contributed by atoms with Crippen LogP contribution in [0.15, 0.2) is 12.1 Å². The van der Waals surface area contributed by atoms with Crippen LogP contribution in [0.2, 0.25) is 0 Å². The fraction of sp³-hybridized carbons (Fsp3) is 0.556. The van der Waals surface area contributed by atoms with Crippen LogP contribution >= 0.6 is 0 Å². The number of carbonyl (C=O) groups is 2. The number of hydrogen-bond acceptors (Lipinski definition) is 4. The monoisotopic (exact) mass is 332 g/mol. The molecule has 0 aliphatic carbocycles. The number of hydrogen-bond donors (Lipinski definition) is 0. The summed E-state index contributed by atoms with van der Waals surface area (Å²) in [6.07, 6.45) is 1.12. The number of benzene rings is 1. The largest absolute Gasteiger partial charge is 0.495 e. The molecule has 2 amide bonds. The molecular weight excluding hydrogens is 308 g/mol. The molecule has 3 rings (SSSR count). The molecule has 1 aromatic rings. The van der Waals surface area contributed by atoms with Crippen molar-refractivity contribution < 1.29 is 19.1 Å². The molecule has 0 bridgehead atoms. The Morgan fingerprint density at radius 3 is 2.38 bits per heavy atom. The third-order valence-electron chi connectivity index (χ3n) is 4.24. The van der Waals surface area contributed by atoms with Crippen molar-refractivity contribution in [2.24, 2.45) is 0 Å². The molecular formula is C18H24N2O4. The van der Waals surface area contributed by atoms with Crippen LogP contribution in [0.5, 0.6) is 5.75 Å². The highest BCUT2D eigenvalue weighted by Gasteiger charge is 2.31.